The van der Waals surface area contributed by atoms with E-state index in [1.807, 2.05) is 13.0 Å². The number of nitrogens with zero attached hydrogens (tertiary/aromatic N) is 2. The molecule has 19 heavy (non-hydrogen) atoms. The van der Waals surface area contributed by atoms with E-state index in [4.69, 9.17) is 0 Å². The van der Waals surface area contributed by atoms with Crippen LogP contribution in [0.3, 0.4) is 0 Å². The van der Waals surface area contributed by atoms with Crippen molar-refractivity contribution in [1.29, 1.82) is 0 Å². The molecule has 0 radical (unpaired) electrons. The van der Waals surface area contributed by atoms with Crippen LogP contribution in [0.2, 0.25) is 0 Å². The molecule has 2 rings (SSSR count). The number of hydrogen-bond acceptors (Lipinski definition) is 4. The van der Waals surface area contributed by atoms with Crippen LogP contribution in [0.15, 0.2) is 30.5 Å². The number of hydrogen-bond donors (Lipinski definition) is 2. The van der Waals surface area contributed by atoms with Crippen molar-refractivity contribution < 1.29 is 4.39 Å². The van der Waals surface area contributed by atoms with Gasteiger partial charge in [0.05, 0.1) is 0 Å². The number of aryl methyl sites for hydroxylation is 1. The molecular weight excluding hydrogens is 243 g/mol. The molecule has 5 heteroatoms. The van der Waals surface area contributed by atoms with Gasteiger partial charge < -0.3 is 10.6 Å². The molecule has 2 aromatic rings. The third-order valence-electron chi connectivity index (χ3n) is 2.79. The maximum absolute atomic E-state index is 13.0. The van der Waals surface area contributed by atoms with Crippen LogP contribution < -0.4 is 10.6 Å². The van der Waals surface area contributed by atoms with Gasteiger partial charge in [0.2, 0.25) is 5.95 Å². The maximum atomic E-state index is 13.0. The van der Waals surface area contributed by atoms with Crippen molar-refractivity contribution in [2.75, 3.05) is 24.2 Å². The standard InChI is InChI=1S/C14H17FN4/c1-10-9-18-14(16-2)19-13(10)17-7-6-11-4-3-5-12(15)8-11/h3-5,8-9H,6-7H2,1-2H3,(H2,16,17,18,19). The Hall–Kier alpha value is -2.17. The summed E-state index contributed by atoms with van der Waals surface area (Å²) < 4.78 is 13.0. The topological polar surface area (TPSA) is 49.8 Å². The summed E-state index contributed by atoms with van der Waals surface area (Å²) >= 11 is 0. The summed E-state index contributed by atoms with van der Waals surface area (Å²) in [5.74, 6) is 1.18. The van der Waals surface area contributed by atoms with Gasteiger partial charge in [-0.3, -0.25) is 0 Å². The van der Waals surface area contributed by atoms with Crippen LogP contribution in [-0.2, 0) is 6.42 Å². The van der Waals surface area contributed by atoms with Gasteiger partial charge in [0.1, 0.15) is 11.6 Å². The molecule has 0 aliphatic heterocycles. The predicted octanol–water partition coefficient (Wildman–Crippen LogP) is 2.62. The largest absolute Gasteiger partial charge is 0.369 e. The average molecular weight is 260 g/mol. The van der Waals surface area contributed by atoms with Gasteiger partial charge in [0.15, 0.2) is 0 Å². The monoisotopic (exact) mass is 260 g/mol. The fourth-order valence-electron chi connectivity index (χ4n) is 1.76. The van der Waals surface area contributed by atoms with Crippen molar-refractivity contribution in [2.45, 2.75) is 13.3 Å². The van der Waals surface area contributed by atoms with Crippen LogP contribution in [0.4, 0.5) is 16.2 Å². The highest BCUT2D eigenvalue weighted by atomic mass is 19.1. The molecule has 4 nitrogen and oxygen atoms in total. The third kappa shape index (κ3) is 3.64. The molecule has 1 aromatic carbocycles. The number of benzene rings is 1. The predicted molar refractivity (Wildman–Crippen MR) is 74.9 cm³/mol. The van der Waals surface area contributed by atoms with E-state index < -0.39 is 0 Å². The zero-order chi connectivity index (χ0) is 13.7. The van der Waals surface area contributed by atoms with Gasteiger partial charge in [0, 0.05) is 25.4 Å². The van der Waals surface area contributed by atoms with E-state index in [-0.39, 0.29) is 5.82 Å². The van der Waals surface area contributed by atoms with E-state index in [1.165, 1.54) is 6.07 Å². The SMILES string of the molecule is CNc1ncc(C)c(NCCc2cccc(F)c2)n1. The highest BCUT2D eigenvalue weighted by Crippen LogP contribution is 2.12. The van der Waals surface area contributed by atoms with Gasteiger partial charge >= 0.3 is 0 Å². The Labute approximate surface area is 112 Å². The molecule has 0 aliphatic carbocycles. The lowest BCUT2D eigenvalue weighted by Gasteiger charge is -2.09. The first-order valence-corrected chi connectivity index (χ1v) is 6.19. The summed E-state index contributed by atoms with van der Waals surface area (Å²) in [5.41, 5.74) is 1.95. The molecule has 0 fully saturated rings. The van der Waals surface area contributed by atoms with Crippen molar-refractivity contribution in [3.05, 3.63) is 47.4 Å². The highest BCUT2D eigenvalue weighted by molar-refractivity contribution is 5.46. The second-order valence-corrected chi connectivity index (χ2v) is 4.28. The molecule has 0 bridgehead atoms. The Bertz CT molecular complexity index is 557. The minimum Gasteiger partial charge on any atom is -0.369 e. The second kappa shape index (κ2) is 6.13. The zero-order valence-electron chi connectivity index (χ0n) is 11.1. The van der Waals surface area contributed by atoms with E-state index in [0.29, 0.717) is 12.5 Å². The average Bonchev–Trinajstić information content (AvgIpc) is 2.41. The van der Waals surface area contributed by atoms with Crippen LogP contribution in [0.5, 0.6) is 0 Å². The van der Waals surface area contributed by atoms with Gasteiger partial charge in [0.25, 0.3) is 0 Å². The van der Waals surface area contributed by atoms with Crippen LogP contribution in [0.25, 0.3) is 0 Å². The number of nitrogens with one attached hydrogen (secondary N) is 2. The quantitative estimate of drug-likeness (QED) is 0.867. The molecule has 1 aromatic heterocycles. The lowest BCUT2D eigenvalue weighted by atomic mass is 10.1. The van der Waals surface area contributed by atoms with Gasteiger partial charge in [-0.15, -0.1) is 0 Å². The Morgan fingerprint density at radius 3 is 2.89 bits per heavy atom. The molecule has 0 aliphatic rings. The fraction of sp³-hybridized carbons (Fsp3) is 0.286. The van der Waals surface area contributed by atoms with Gasteiger partial charge in [-0.25, -0.2) is 9.37 Å². The van der Waals surface area contributed by atoms with Crippen molar-refractivity contribution in [3.8, 4) is 0 Å². The first kappa shape index (κ1) is 13.3. The molecule has 2 N–H and O–H groups in total. The van der Waals surface area contributed by atoms with Gasteiger partial charge in [-0.1, -0.05) is 12.1 Å². The minimum absolute atomic E-state index is 0.201. The molecule has 0 saturated heterocycles. The van der Waals surface area contributed by atoms with Crippen molar-refractivity contribution in [1.82, 2.24) is 9.97 Å². The van der Waals surface area contributed by atoms with E-state index in [9.17, 15) is 4.39 Å². The van der Waals surface area contributed by atoms with Crippen LogP contribution in [0.1, 0.15) is 11.1 Å². The number of halogens is 1. The van der Waals surface area contributed by atoms with Gasteiger partial charge in [-0.05, 0) is 31.0 Å². The lowest BCUT2D eigenvalue weighted by Crippen LogP contribution is -2.09. The zero-order valence-corrected chi connectivity index (χ0v) is 11.1. The van der Waals surface area contributed by atoms with Gasteiger partial charge in [-0.2, -0.15) is 4.98 Å². The minimum atomic E-state index is -0.201. The third-order valence-corrected chi connectivity index (χ3v) is 2.79. The summed E-state index contributed by atoms with van der Waals surface area (Å²) in [6.45, 7) is 2.65. The summed E-state index contributed by atoms with van der Waals surface area (Å²) in [4.78, 5) is 8.46. The Kier molecular flexibility index (Phi) is 4.28. The summed E-state index contributed by atoms with van der Waals surface area (Å²) in [6.07, 6.45) is 2.51. The van der Waals surface area contributed by atoms with Crippen LogP contribution >= 0.6 is 0 Å². The molecule has 0 spiro atoms. The summed E-state index contributed by atoms with van der Waals surface area (Å²) in [6, 6.07) is 6.63. The number of anilines is 2. The van der Waals surface area contributed by atoms with E-state index >= 15 is 0 Å². The van der Waals surface area contributed by atoms with Crippen molar-refractivity contribution >= 4 is 11.8 Å². The molecule has 1 heterocycles. The number of aromatic nitrogens is 2. The van der Waals surface area contributed by atoms with Crippen molar-refractivity contribution in [3.63, 3.8) is 0 Å². The fourth-order valence-corrected chi connectivity index (χ4v) is 1.76. The van der Waals surface area contributed by atoms with Crippen LogP contribution in [0, 0.1) is 12.7 Å². The molecule has 0 saturated carbocycles. The molecule has 0 amide bonds. The highest BCUT2D eigenvalue weighted by Gasteiger charge is 2.02. The van der Waals surface area contributed by atoms with E-state index in [0.717, 1.165) is 23.4 Å². The lowest BCUT2D eigenvalue weighted by molar-refractivity contribution is 0.625. The molecule has 100 valence electrons. The second-order valence-electron chi connectivity index (χ2n) is 4.28. The first-order valence-electron chi connectivity index (χ1n) is 6.19. The molecule has 0 atom stereocenters. The van der Waals surface area contributed by atoms with E-state index in [1.54, 1.807) is 25.4 Å². The van der Waals surface area contributed by atoms with Crippen molar-refractivity contribution in [2.24, 2.45) is 0 Å². The number of rotatable bonds is 5. The molecular formula is C14H17FN4. The van der Waals surface area contributed by atoms with Crippen LogP contribution in [-0.4, -0.2) is 23.6 Å². The normalized spacial score (nSPS) is 10.3. The summed E-state index contributed by atoms with van der Waals surface area (Å²) in [5, 5.41) is 6.14. The first-order chi connectivity index (χ1) is 9.19. The maximum Gasteiger partial charge on any atom is 0.224 e. The Balaban J connectivity index is 1.95. The smallest absolute Gasteiger partial charge is 0.224 e. The molecule has 0 unspecified atom stereocenters. The Morgan fingerprint density at radius 1 is 1.32 bits per heavy atom. The Morgan fingerprint density at radius 2 is 2.16 bits per heavy atom. The summed E-state index contributed by atoms with van der Waals surface area (Å²) in [7, 11) is 1.78. The van der Waals surface area contributed by atoms with E-state index in [2.05, 4.69) is 20.6 Å².